The fraction of sp³-hybridized carbons (Fsp3) is 0.294. The van der Waals surface area contributed by atoms with Crippen LogP contribution < -0.4 is 5.32 Å². The van der Waals surface area contributed by atoms with Gasteiger partial charge in [-0.25, -0.2) is 9.67 Å². The standard InChI is InChI=1S/C17H20N6O/c1-13(2)16(10-22-12-18-11-20-22)21-17(24)14-5-3-6-15(9-14)23-8-4-7-19-23/h3-9,11-13,16H,10H2,1-2H3,(H,21,24)/t16-/m1/s1. The second kappa shape index (κ2) is 7.08. The van der Waals surface area contributed by atoms with Crippen molar-refractivity contribution in [2.75, 3.05) is 0 Å². The van der Waals surface area contributed by atoms with Gasteiger partial charge in [-0.05, 0) is 30.2 Å². The minimum Gasteiger partial charge on any atom is -0.347 e. The molecular formula is C17H20N6O. The Hall–Kier alpha value is -2.96. The number of nitrogens with one attached hydrogen (secondary N) is 1. The number of carbonyl (C=O) groups is 1. The second-order valence-corrected chi connectivity index (χ2v) is 5.94. The Morgan fingerprint density at radius 2 is 2.12 bits per heavy atom. The Bertz CT molecular complexity index is 779. The predicted molar refractivity (Wildman–Crippen MR) is 89.7 cm³/mol. The molecule has 2 heterocycles. The maximum Gasteiger partial charge on any atom is 0.251 e. The van der Waals surface area contributed by atoms with Gasteiger partial charge >= 0.3 is 0 Å². The van der Waals surface area contributed by atoms with Crippen molar-refractivity contribution in [1.29, 1.82) is 0 Å². The Morgan fingerprint density at radius 3 is 2.79 bits per heavy atom. The molecule has 1 aromatic carbocycles. The average Bonchev–Trinajstić information content (AvgIpc) is 3.28. The highest BCUT2D eigenvalue weighted by molar-refractivity contribution is 5.94. The summed E-state index contributed by atoms with van der Waals surface area (Å²) in [4.78, 5) is 16.6. The van der Waals surface area contributed by atoms with Crippen molar-refractivity contribution in [2.24, 2.45) is 5.92 Å². The van der Waals surface area contributed by atoms with Crippen LogP contribution in [-0.2, 0) is 6.54 Å². The molecule has 0 unspecified atom stereocenters. The van der Waals surface area contributed by atoms with Crippen LogP contribution >= 0.6 is 0 Å². The van der Waals surface area contributed by atoms with Crippen molar-refractivity contribution in [3.63, 3.8) is 0 Å². The summed E-state index contributed by atoms with van der Waals surface area (Å²) in [6.45, 7) is 4.73. The lowest BCUT2D eigenvalue weighted by Gasteiger charge is -2.22. The highest BCUT2D eigenvalue weighted by atomic mass is 16.1. The van der Waals surface area contributed by atoms with E-state index in [1.807, 2.05) is 30.5 Å². The maximum absolute atomic E-state index is 12.6. The maximum atomic E-state index is 12.6. The van der Waals surface area contributed by atoms with Crippen molar-refractivity contribution in [2.45, 2.75) is 26.4 Å². The molecule has 124 valence electrons. The van der Waals surface area contributed by atoms with Crippen molar-refractivity contribution in [3.05, 3.63) is 60.9 Å². The molecule has 1 amide bonds. The molecule has 0 saturated carbocycles. The largest absolute Gasteiger partial charge is 0.347 e. The summed E-state index contributed by atoms with van der Waals surface area (Å²) in [7, 11) is 0. The van der Waals surface area contributed by atoms with Gasteiger partial charge in [0.2, 0.25) is 0 Å². The van der Waals surface area contributed by atoms with Crippen LogP contribution in [0, 0.1) is 5.92 Å². The van der Waals surface area contributed by atoms with E-state index in [0.717, 1.165) is 5.69 Å². The molecule has 0 saturated heterocycles. The number of aromatic nitrogens is 5. The van der Waals surface area contributed by atoms with Gasteiger partial charge in [-0.1, -0.05) is 19.9 Å². The number of hydrogen-bond donors (Lipinski definition) is 1. The lowest BCUT2D eigenvalue weighted by molar-refractivity contribution is 0.0919. The molecule has 1 atom stereocenters. The normalized spacial score (nSPS) is 12.3. The summed E-state index contributed by atoms with van der Waals surface area (Å²) in [6.07, 6.45) is 6.70. The average molecular weight is 324 g/mol. The Labute approximate surface area is 140 Å². The van der Waals surface area contributed by atoms with E-state index in [9.17, 15) is 4.79 Å². The summed E-state index contributed by atoms with van der Waals surface area (Å²) in [5, 5.41) is 11.4. The topological polar surface area (TPSA) is 77.6 Å². The van der Waals surface area contributed by atoms with Crippen LogP contribution in [0.2, 0.25) is 0 Å². The molecule has 0 aliphatic rings. The van der Waals surface area contributed by atoms with Gasteiger partial charge in [0.1, 0.15) is 12.7 Å². The number of nitrogens with zero attached hydrogens (tertiary/aromatic N) is 5. The minimum absolute atomic E-state index is 0.0347. The van der Waals surface area contributed by atoms with Gasteiger partial charge < -0.3 is 5.32 Å². The number of hydrogen-bond acceptors (Lipinski definition) is 4. The highest BCUT2D eigenvalue weighted by Crippen LogP contribution is 2.11. The summed E-state index contributed by atoms with van der Waals surface area (Å²) >= 11 is 0. The predicted octanol–water partition coefficient (Wildman–Crippen LogP) is 1.92. The quantitative estimate of drug-likeness (QED) is 0.751. The van der Waals surface area contributed by atoms with Crippen molar-refractivity contribution < 1.29 is 4.79 Å². The van der Waals surface area contributed by atoms with Gasteiger partial charge in [0, 0.05) is 18.0 Å². The second-order valence-electron chi connectivity index (χ2n) is 5.94. The first-order valence-electron chi connectivity index (χ1n) is 7.87. The Kier molecular flexibility index (Phi) is 4.69. The zero-order chi connectivity index (χ0) is 16.9. The Balaban J connectivity index is 1.74. The number of benzene rings is 1. The monoisotopic (exact) mass is 324 g/mol. The molecule has 2 aromatic heterocycles. The number of amides is 1. The third-order valence-corrected chi connectivity index (χ3v) is 3.85. The first-order chi connectivity index (χ1) is 11.6. The zero-order valence-corrected chi connectivity index (χ0v) is 13.7. The fourth-order valence-electron chi connectivity index (χ4n) is 2.41. The van der Waals surface area contributed by atoms with Crippen LogP contribution in [0.3, 0.4) is 0 Å². The molecule has 3 aromatic rings. The highest BCUT2D eigenvalue weighted by Gasteiger charge is 2.18. The SMILES string of the molecule is CC(C)[C@@H](Cn1cncn1)NC(=O)c1cccc(-n2cccn2)c1. The summed E-state index contributed by atoms with van der Waals surface area (Å²) in [5.41, 5.74) is 1.46. The van der Waals surface area contributed by atoms with E-state index in [1.165, 1.54) is 6.33 Å². The van der Waals surface area contributed by atoms with Crippen LogP contribution in [0.25, 0.3) is 5.69 Å². The van der Waals surface area contributed by atoms with E-state index in [-0.39, 0.29) is 17.9 Å². The smallest absolute Gasteiger partial charge is 0.251 e. The molecule has 7 heteroatoms. The molecule has 1 N–H and O–H groups in total. The first kappa shape index (κ1) is 15.9. The van der Waals surface area contributed by atoms with Crippen LogP contribution in [0.1, 0.15) is 24.2 Å². The molecule has 0 radical (unpaired) electrons. The summed E-state index contributed by atoms with van der Waals surface area (Å²) < 4.78 is 3.46. The summed E-state index contributed by atoms with van der Waals surface area (Å²) in [5.74, 6) is 0.162. The van der Waals surface area contributed by atoms with Crippen molar-refractivity contribution >= 4 is 5.91 Å². The van der Waals surface area contributed by atoms with Gasteiger partial charge in [-0.2, -0.15) is 10.2 Å². The molecule has 24 heavy (non-hydrogen) atoms. The van der Waals surface area contributed by atoms with Crippen LogP contribution in [0.15, 0.2) is 55.4 Å². The van der Waals surface area contributed by atoms with Gasteiger partial charge in [0.15, 0.2) is 0 Å². The lowest BCUT2D eigenvalue weighted by Crippen LogP contribution is -2.41. The van der Waals surface area contributed by atoms with Crippen LogP contribution in [0.4, 0.5) is 0 Å². The van der Waals surface area contributed by atoms with Crippen LogP contribution in [0.5, 0.6) is 0 Å². The Morgan fingerprint density at radius 1 is 1.25 bits per heavy atom. The van der Waals surface area contributed by atoms with Crippen molar-refractivity contribution in [1.82, 2.24) is 29.9 Å². The van der Waals surface area contributed by atoms with Gasteiger partial charge in [-0.15, -0.1) is 0 Å². The third-order valence-electron chi connectivity index (χ3n) is 3.85. The van der Waals surface area contributed by atoms with Gasteiger partial charge in [-0.3, -0.25) is 9.48 Å². The van der Waals surface area contributed by atoms with Gasteiger partial charge in [0.05, 0.1) is 18.3 Å². The molecule has 0 spiro atoms. The molecule has 0 aliphatic heterocycles. The molecule has 7 nitrogen and oxygen atoms in total. The molecule has 3 rings (SSSR count). The number of rotatable bonds is 6. The van der Waals surface area contributed by atoms with E-state index in [2.05, 4.69) is 34.3 Å². The fourth-order valence-corrected chi connectivity index (χ4v) is 2.41. The summed E-state index contributed by atoms with van der Waals surface area (Å²) in [6, 6.07) is 9.21. The number of carbonyl (C=O) groups excluding carboxylic acids is 1. The van der Waals surface area contributed by atoms with E-state index in [0.29, 0.717) is 12.1 Å². The van der Waals surface area contributed by atoms with E-state index >= 15 is 0 Å². The minimum atomic E-state index is -0.108. The van der Waals surface area contributed by atoms with Crippen LogP contribution in [-0.4, -0.2) is 36.5 Å². The third kappa shape index (κ3) is 3.68. The van der Waals surface area contributed by atoms with E-state index in [1.54, 1.807) is 28.0 Å². The van der Waals surface area contributed by atoms with Gasteiger partial charge in [0.25, 0.3) is 5.91 Å². The zero-order valence-electron chi connectivity index (χ0n) is 13.7. The molecule has 0 aliphatic carbocycles. The first-order valence-corrected chi connectivity index (χ1v) is 7.87. The van der Waals surface area contributed by atoms with E-state index < -0.39 is 0 Å². The molecule has 0 bridgehead atoms. The van der Waals surface area contributed by atoms with E-state index in [4.69, 9.17) is 0 Å². The molecular weight excluding hydrogens is 304 g/mol. The molecule has 0 fully saturated rings. The van der Waals surface area contributed by atoms with Crippen molar-refractivity contribution in [3.8, 4) is 5.69 Å². The lowest BCUT2D eigenvalue weighted by atomic mass is 10.0.